The Bertz CT molecular complexity index is 1380. The number of benzene rings is 3. The summed E-state index contributed by atoms with van der Waals surface area (Å²) in [6, 6.07) is 18.8. The number of nitrogens with one attached hydrogen (secondary N) is 1. The summed E-state index contributed by atoms with van der Waals surface area (Å²) in [6.07, 6.45) is 1.73. The number of anilines is 1. The molecule has 3 aromatic carbocycles. The molecule has 0 aliphatic carbocycles. The van der Waals surface area contributed by atoms with Gasteiger partial charge in [0.15, 0.2) is 0 Å². The molecule has 0 aromatic heterocycles. The molecular formula is C29H33Cl2N3O4S. The van der Waals surface area contributed by atoms with Crippen LogP contribution in [0, 0.1) is 6.92 Å². The van der Waals surface area contributed by atoms with E-state index < -0.39 is 28.5 Å². The highest BCUT2D eigenvalue weighted by Gasteiger charge is 2.32. The molecule has 7 nitrogen and oxygen atoms in total. The van der Waals surface area contributed by atoms with Gasteiger partial charge < -0.3 is 10.2 Å². The number of nitrogens with zero attached hydrogens (tertiary/aromatic N) is 2. The first-order valence-electron chi connectivity index (χ1n) is 12.7. The van der Waals surface area contributed by atoms with Crippen LogP contribution >= 0.6 is 23.2 Å². The van der Waals surface area contributed by atoms with Gasteiger partial charge in [-0.25, -0.2) is 8.42 Å². The molecule has 39 heavy (non-hydrogen) atoms. The zero-order valence-corrected chi connectivity index (χ0v) is 24.6. The number of halogens is 2. The Morgan fingerprint density at radius 3 is 2.23 bits per heavy atom. The second-order valence-electron chi connectivity index (χ2n) is 9.27. The molecule has 0 bridgehead atoms. The van der Waals surface area contributed by atoms with Crippen molar-refractivity contribution in [1.82, 2.24) is 10.2 Å². The number of carbonyl (C=O) groups is 2. The predicted molar refractivity (Wildman–Crippen MR) is 157 cm³/mol. The number of unbranched alkanes of at least 4 members (excludes halogenated alkanes) is 1. The minimum absolute atomic E-state index is 0.0323. The summed E-state index contributed by atoms with van der Waals surface area (Å²) in [5.74, 6) is -0.843. The third kappa shape index (κ3) is 8.21. The first-order chi connectivity index (χ1) is 18.5. The molecule has 0 saturated carbocycles. The zero-order chi connectivity index (χ0) is 28.6. The fourth-order valence-corrected chi connectivity index (χ4v) is 5.62. The molecule has 2 amide bonds. The summed E-state index contributed by atoms with van der Waals surface area (Å²) in [7, 11) is -4.19. The molecule has 0 saturated heterocycles. The SMILES string of the molecule is CCCCNC(=O)[C@@H](C)N(Cc1ccc(C)cc1)C(=O)CN(c1cccc(Cl)c1)S(=O)(=O)c1ccc(Cl)cc1. The largest absolute Gasteiger partial charge is 0.354 e. The number of carbonyl (C=O) groups excluding carboxylic acids is 2. The number of amides is 2. The number of hydrogen-bond acceptors (Lipinski definition) is 4. The lowest BCUT2D eigenvalue weighted by Crippen LogP contribution is -2.51. The van der Waals surface area contributed by atoms with Gasteiger partial charge in [-0.2, -0.15) is 0 Å². The van der Waals surface area contributed by atoms with Gasteiger partial charge in [-0.15, -0.1) is 0 Å². The average Bonchev–Trinajstić information content (AvgIpc) is 2.91. The minimum atomic E-state index is -4.19. The molecule has 0 unspecified atom stereocenters. The highest BCUT2D eigenvalue weighted by Crippen LogP contribution is 2.27. The van der Waals surface area contributed by atoms with E-state index >= 15 is 0 Å². The molecule has 1 N–H and O–H groups in total. The molecular weight excluding hydrogens is 557 g/mol. The summed E-state index contributed by atoms with van der Waals surface area (Å²) in [6.45, 7) is 5.71. The smallest absolute Gasteiger partial charge is 0.264 e. The quantitative estimate of drug-likeness (QED) is 0.269. The number of aryl methyl sites for hydroxylation is 1. The van der Waals surface area contributed by atoms with E-state index in [1.165, 1.54) is 35.2 Å². The van der Waals surface area contributed by atoms with Crippen LogP contribution in [0.1, 0.15) is 37.8 Å². The van der Waals surface area contributed by atoms with Crippen LogP contribution in [0.2, 0.25) is 10.0 Å². The summed E-state index contributed by atoms with van der Waals surface area (Å²) < 4.78 is 28.6. The van der Waals surface area contributed by atoms with Crippen molar-refractivity contribution in [3.63, 3.8) is 0 Å². The summed E-state index contributed by atoms with van der Waals surface area (Å²) >= 11 is 12.2. The topological polar surface area (TPSA) is 86.8 Å². The van der Waals surface area contributed by atoms with Gasteiger partial charge in [0.1, 0.15) is 12.6 Å². The van der Waals surface area contributed by atoms with Crippen molar-refractivity contribution < 1.29 is 18.0 Å². The van der Waals surface area contributed by atoms with Crippen molar-refractivity contribution in [2.24, 2.45) is 0 Å². The average molecular weight is 591 g/mol. The van der Waals surface area contributed by atoms with Crippen LogP contribution in [0.5, 0.6) is 0 Å². The normalized spacial score (nSPS) is 12.0. The maximum absolute atomic E-state index is 13.9. The van der Waals surface area contributed by atoms with Crippen LogP contribution in [0.15, 0.2) is 77.7 Å². The van der Waals surface area contributed by atoms with Gasteiger partial charge in [-0.1, -0.05) is 72.4 Å². The van der Waals surface area contributed by atoms with E-state index in [-0.39, 0.29) is 23.0 Å². The lowest BCUT2D eigenvalue weighted by molar-refractivity contribution is -0.139. The second-order valence-corrected chi connectivity index (χ2v) is 12.0. The molecule has 0 fully saturated rings. The molecule has 0 heterocycles. The Labute approximate surface area is 240 Å². The first kappa shape index (κ1) is 30.5. The van der Waals surface area contributed by atoms with Crippen LogP contribution in [0.3, 0.4) is 0 Å². The molecule has 3 aromatic rings. The molecule has 208 valence electrons. The van der Waals surface area contributed by atoms with E-state index in [2.05, 4.69) is 5.32 Å². The van der Waals surface area contributed by atoms with Crippen molar-refractivity contribution in [2.75, 3.05) is 17.4 Å². The third-order valence-corrected chi connectivity index (χ3v) is 8.52. The zero-order valence-electron chi connectivity index (χ0n) is 22.2. The van der Waals surface area contributed by atoms with Crippen molar-refractivity contribution in [1.29, 1.82) is 0 Å². The van der Waals surface area contributed by atoms with E-state index in [1.807, 2.05) is 38.1 Å². The van der Waals surface area contributed by atoms with Crippen molar-refractivity contribution >= 4 is 50.7 Å². The van der Waals surface area contributed by atoms with Gasteiger partial charge in [0.2, 0.25) is 11.8 Å². The highest BCUT2D eigenvalue weighted by atomic mass is 35.5. The standard InChI is InChI=1S/C29H33Cl2N3O4S/c1-4-5-17-32-29(36)22(3)33(19-23-11-9-21(2)10-12-23)28(35)20-34(26-8-6-7-25(31)18-26)39(37,38)27-15-13-24(30)14-16-27/h6-16,18,22H,4-5,17,19-20H2,1-3H3,(H,32,36)/t22-/m1/s1. The van der Waals surface area contributed by atoms with Gasteiger partial charge in [0, 0.05) is 23.1 Å². The molecule has 1 atom stereocenters. The van der Waals surface area contributed by atoms with Crippen LogP contribution in [-0.4, -0.2) is 44.3 Å². The number of sulfonamides is 1. The first-order valence-corrected chi connectivity index (χ1v) is 14.9. The predicted octanol–water partition coefficient (Wildman–Crippen LogP) is 5.83. The van der Waals surface area contributed by atoms with E-state index in [4.69, 9.17) is 23.2 Å². The van der Waals surface area contributed by atoms with Gasteiger partial charge >= 0.3 is 0 Å². The Hall–Kier alpha value is -3.07. The van der Waals surface area contributed by atoms with E-state index in [1.54, 1.807) is 25.1 Å². The molecule has 0 aliphatic heterocycles. The Morgan fingerprint density at radius 1 is 0.949 bits per heavy atom. The summed E-state index contributed by atoms with van der Waals surface area (Å²) in [5.41, 5.74) is 2.10. The Morgan fingerprint density at radius 2 is 1.62 bits per heavy atom. The maximum Gasteiger partial charge on any atom is 0.264 e. The Kier molecular flexibility index (Phi) is 10.8. The molecule has 0 spiro atoms. The van der Waals surface area contributed by atoms with Gasteiger partial charge in [-0.05, 0) is 68.3 Å². The fourth-order valence-electron chi connectivity index (χ4n) is 3.90. The third-order valence-electron chi connectivity index (χ3n) is 6.25. The van der Waals surface area contributed by atoms with Crippen molar-refractivity contribution in [2.45, 2.75) is 51.1 Å². The monoisotopic (exact) mass is 589 g/mol. The van der Waals surface area contributed by atoms with Gasteiger partial charge in [0.25, 0.3) is 10.0 Å². The highest BCUT2D eigenvalue weighted by molar-refractivity contribution is 7.92. The van der Waals surface area contributed by atoms with Crippen molar-refractivity contribution in [3.8, 4) is 0 Å². The van der Waals surface area contributed by atoms with E-state index in [0.717, 1.165) is 28.3 Å². The van der Waals surface area contributed by atoms with Crippen LogP contribution < -0.4 is 9.62 Å². The van der Waals surface area contributed by atoms with Gasteiger partial charge in [0.05, 0.1) is 10.6 Å². The molecule has 0 radical (unpaired) electrons. The van der Waals surface area contributed by atoms with E-state index in [9.17, 15) is 18.0 Å². The van der Waals surface area contributed by atoms with E-state index in [0.29, 0.717) is 16.6 Å². The van der Waals surface area contributed by atoms with Crippen LogP contribution in [0.4, 0.5) is 5.69 Å². The Balaban J connectivity index is 1.99. The number of rotatable bonds is 12. The summed E-state index contributed by atoms with van der Waals surface area (Å²) in [5, 5.41) is 3.57. The lowest BCUT2D eigenvalue weighted by Gasteiger charge is -2.32. The van der Waals surface area contributed by atoms with Gasteiger partial charge in [-0.3, -0.25) is 13.9 Å². The molecule has 3 rings (SSSR count). The van der Waals surface area contributed by atoms with Crippen LogP contribution in [0.25, 0.3) is 0 Å². The van der Waals surface area contributed by atoms with Crippen molar-refractivity contribution in [3.05, 3.63) is 94.0 Å². The minimum Gasteiger partial charge on any atom is -0.354 e. The van der Waals surface area contributed by atoms with Crippen LogP contribution in [-0.2, 0) is 26.2 Å². The molecule has 0 aliphatic rings. The summed E-state index contributed by atoms with van der Waals surface area (Å²) in [4.78, 5) is 28.2. The molecule has 10 heteroatoms. The number of hydrogen-bond donors (Lipinski definition) is 1. The lowest BCUT2D eigenvalue weighted by atomic mass is 10.1. The second kappa shape index (κ2) is 13.8. The fraction of sp³-hybridized carbons (Fsp3) is 0.310. The maximum atomic E-state index is 13.9.